The van der Waals surface area contributed by atoms with E-state index in [9.17, 15) is 17.2 Å². The zero-order chi connectivity index (χ0) is 15.8. The van der Waals surface area contributed by atoms with Gasteiger partial charge in [0.1, 0.15) is 11.6 Å². The molecule has 9 heteroatoms. The van der Waals surface area contributed by atoms with Gasteiger partial charge in [-0.3, -0.25) is 4.72 Å². The number of hydrogen-bond donors (Lipinski definition) is 2. The van der Waals surface area contributed by atoms with Crippen molar-refractivity contribution in [1.82, 2.24) is 0 Å². The zero-order valence-electron chi connectivity index (χ0n) is 10.2. The third kappa shape index (κ3) is 3.53. The van der Waals surface area contributed by atoms with Gasteiger partial charge in [-0.1, -0.05) is 15.9 Å². The molecule has 3 N–H and O–H groups in total. The van der Waals surface area contributed by atoms with E-state index in [2.05, 4.69) is 36.6 Å². The average Bonchev–Trinajstić information content (AvgIpc) is 2.30. The molecule has 0 radical (unpaired) electrons. The van der Waals surface area contributed by atoms with Gasteiger partial charge in [-0.2, -0.15) is 0 Å². The van der Waals surface area contributed by atoms with Gasteiger partial charge < -0.3 is 5.73 Å². The quantitative estimate of drug-likeness (QED) is 0.710. The van der Waals surface area contributed by atoms with Crippen molar-refractivity contribution in [3.05, 3.63) is 50.9 Å². The van der Waals surface area contributed by atoms with Crippen molar-refractivity contribution in [3.8, 4) is 0 Å². The predicted octanol–water partition coefficient (Wildman–Crippen LogP) is 3.87. The topological polar surface area (TPSA) is 72.2 Å². The average molecular weight is 442 g/mol. The molecule has 0 fully saturated rings. The number of halogens is 4. The molecule has 2 rings (SSSR count). The molecule has 4 nitrogen and oxygen atoms in total. The molecule has 0 saturated heterocycles. The Balaban J connectivity index is 2.48. The van der Waals surface area contributed by atoms with Crippen LogP contribution < -0.4 is 10.5 Å². The molecule has 0 aliphatic rings. The molecule has 0 aliphatic heterocycles. The first-order chi connectivity index (χ1) is 9.70. The molecule has 0 spiro atoms. The molecule has 0 heterocycles. The number of nitrogens with two attached hydrogens (primary N) is 1. The van der Waals surface area contributed by atoms with Gasteiger partial charge in [0.25, 0.3) is 10.0 Å². The van der Waals surface area contributed by atoms with Crippen LogP contribution in [-0.4, -0.2) is 8.42 Å². The van der Waals surface area contributed by atoms with Crippen LogP contribution in [-0.2, 0) is 10.0 Å². The predicted molar refractivity (Wildman–Crippen MR) is 83.4 cm³/mol. The lowest BCUT2D eigenvalue weighted by molar-refractivity contribution is 0.522. The summed E-state index contributed by atoms with van der Waals surface area (Å²) in [6.45, 7) is 0. The lowest BCUT2D eigenvalue weighted by Crippen LogP contribution is -2.17. The Kier molecular flexibility index (Phi) is 4.54. The Morgan fingerprint density at radius 1 is 1.05 bits per heavy atom. The van der Waals surface area contributed by atoms with Crippen LogP contribution in [0.5, 0.6) is 0 Å². The summed E-state index contributed by atoms with van der Waals surface area (Å²) in [5.41, 5.74) is 5.20. The van der Waals surface area contributed by atoms with Crippen molar-refractivity contribution in [1.29, 1.82) is 0 Å². The Hall–Kier alpha value is -1.19. The molecule has 2 aromatic carbocycles. The first-order valence-electron chi connectivity index (χ1n) is 5.43. The molecule has 0 atom stereocenters. The first-order valence-corrected chi connectivity index (χ1v) is 8.50. The summed E-state index contributed by atoms with van der Waals surface area (Å²) in [7, 11) is -4.43. The highest BCUT2D eigenvalue weighted by Gasteiger charge is 2.25. The fourth-order valence-electron chi connectivity index (χ4n) is 1.60. The second-order valence-electron chi connectivity index (χ2n) is 4.04. The largest absolute Gasteiger partial charge is 0.399 e. The van der Waals surface area contributed by atoms with Crippen molar-refractivity contribution in [3.63, 3.8) is 0 Å². The van der Waals surface area contributed by atoms with Gasteiger partial charge in [-0.05, 0) is 46.3 Å². The lowest BCUT2D eigenvalue weighted by Gasteiger charge is -2.11. The van der Waals surface area contributed by atoms with Crippen LogP contribution in [0.25, 0.3) is 0 Å². The third-order valence-electron chi connectivity index (χ3n) is 2.46. The van der Waals surface area contributed by atoms with Gasteiger partial charge in [-0.25, -0.2) is 17.2 Å². The van der Waals surface area contributed by atoms with Crippen molar-refractivity contribution in [2.45, 2.75) is 4.90 Å². The molecule has 21 heavy (non-hydrogen) atoms. The minimum atomic E-state index is -4.43. The number of hydrogen-bond acceptors (Lipinski definition) is 3. The van der Waals surface area contributed by atoms with Crippen LogP contribution in [0.15, 0.2) is 44.2 Å². The first kappa shape index (κ1) is 16.2. The lowest BCUT2D eigenvalue weighted by atomic mass is 10.3. The molecular formula is C12H8Br2F2N2O2S. The van der Waals surface area contributed by atoms with Gasteiger partial charge in [0, 0.05) is 14.6 Å². The fraction of sp³-hybridized carbons (Fsp3) is 0. The number of anilines is 2. The maximum absolute atomic E-state index is 13.7. The van der Waals surface area contributed by atoms with Crippen molar-refractivity contribution in [2.24, 2.45) is 0 Å². The minimum Gasteiger partial charge on any atom is -0.399 e. The van der Waals surface area contributed by atoms with Crippen molar-refractivity contribution < 1.29 is 17.2 Å². The monoisotopic (exact) mass is 440 g/mol. The molecule has 112 valence electrons. The molecule has 0 aromatic heterocycles. The molecule has 0 aliphatic carbocycles. The molecule has 0 saturated carbocycles. The summed E-state index contributed by atoms with van der Waals surface area (Å²) >= 11 is 6.37. The maximum atomic E-state index is 13.7. The summed E-state index contributed by atoms with van der Waals surface area (Å²) in [6.07, 6.45) is 0. The van der Waals surface area contributed by atoms with E-state index >= 15 is 0 Å². The second kappa shape index (κ2) is 5.90. The van der Waals surface area contributed by atoms with Crippen LogP contribution in [0.4, 0.5) is 20.2 Å². The van der Waals surface area contributed by atoms with Gasteiger partial charge >= 0.3 is 0 Å². The normalized spacial score (nSPS) is 11.4. The highest BCUT2D eigenvalue weighted by Crippen LogP contribution is 2.30. The second-order valence-corrected chi connectivity index (χ2v) is 7.43. The van der Waals surface area contributed by atoms with E-state index in [4.69, 9.17) is 5.73 Å². The summed E-state index contributed by atoms with van der Waals surface area (Å²) in [5.74, 6) is -2.51. The number of sulfonamides is 1. The van der Waals surface area contributed by atoms with E-state index in [0.29, 0.717) is 8.95 Å². The Morgan fingerprint density at radius 3 is 2.14 bits per heavy atom. The van der Waals surface area contributed by atoms with E-state index in [0.717, 1.165) is 12.1 Å². The van der Waals surface area contributed by atoms with Gasteiger partial charge in [-0.15, -0.1) is 0 Å². The van der Waals surface area contributed by atoms with E-state index in [1.54, 1.807) is 12.1 Å². The van der Waals surface area contributed by atoms with Crippen LogP contribution in [0, 0.1) is 11.6 Å². The minimum absolute atomic E-state index is 0.147. The molecular weight excluding hydrogens is 434 g/mol. The highest BCUT2D eigenvalue weighted by molar-refractivity contribution is 9.11. The van der Waals surface area contributed by atoms with Gasteiger partial charge in [0.05, 0.1) is 5.69 Å². The third-order valence-corrected chi connectivity index (χ3v) is 5.03. The van der Waals surface area contributed by atoms with Crippen LogP contribution in [0.3, 0.4) is 0 Å². The fourth-order valence-corrected chi connectivity index (χ4v) is 4.08. The maximum Gasteiger partial charge on any atom is 0.267 e. The molecule has 2 aromatic rings. The SMILES string of the molecule is Nc1cc(F)c(S(=O)(=O)Nc2ccc(Br)cc2Br)c(F)c1. The van der Waals surface area contributed by atoms with Gasteiger partial charge in [0.2, 0.25) is 0 Å². The number of benzene rings is 2. The van der Waals surface area contributed by atoms with Crippen molar-refractivity contribution in [2.75, 3.05) is 10.5 Å². The summed E-state index contributed by atoms with van der Waals surface area (Å²) in [4.78, 5) is -1.08. The highest BCUT2D eigenvalue weighted by atomic mass is 79.9. The van der Waals surface area contributed by atoms with Crippen LogP contribution in [0.2, 0.25) is 0 Å². The number of nitrogen functional groups attached to an aromatic ring is 1. The van der Waals surface area contributed by atoms with Gasteiger partial charge in [0.15, 0.2) is 4.90 Å². The zero-order valence-corrected chi connectivity index (χ0v) is 14.2. The van der Waals surface area contributed by atoms with Crippen LogP contribution in [0.1, 0.15) is 0 Å². The molecule has 0 amide bonds. The number of rotatable bonds is 3. The van der Waals surface area contributed by atoms with Crippen molar-refractivity contribution >= 4 is 53.3 Å². The smallest absolute Gasteiger partial charge is 0.267 e. The summed E-state index contributed by atoms with van der Waals surface area (Å²) in [6, 6.07) is 6.10. The molecule has 0 unspecified atom stereocenters. The standard InChI is InChI=1S/C12H8Br2F2N2O2S/c13-6-1-2-11(8(14)3-6)18-21(19,20)12-9(15)4-7(17)5-10(12)16/h1-5,18H,17H2. The summed E-state index contributed by atoms with van der Waals surface area (Å²) < 4.78 is 54.9. The van der Waals surface area contributed by atoms with E-state index < -0.39 is 26.6 Å². The van der Waals surface area contributed by atoms with E-state index in [1.807, 2.05) is 0 Å². The summed E-state index contributed by atoms with van der Waals surface area (Å²) in [5, 5.41) is 0. The Morgan fingerprint density at radius 2 is 1.62 bits per heavy atom. The van der Waals surface area contributed by atoms with E-state index in [-0.39, 0.29) is 11.4 Å². The Bertz CT molecular complexity index is 790. The Labute approximate surface area is 136 Å². The van der Waals surface area contributed by atoms with Crippen LogP contribution >= 0.6 is 31.9 Å². The molecule has 0 bridgehead atoms. The number of nitrogens with one attached hydrogen (secondary N) is 1. The van der Waals surface area contributed by atoms with E-state index in [1.165, 1.54) is 6.07 Å².